The van der Waals surface area contributed by atoms with E-state index in [-0.39, 0.29) is 5.69 Å². The Hall–Kier alpha value is -3.24. The largest absolute Gasteiger partial charge is 0.488 e. The minimum absolute atomic E-state index is 0.208. The van der Waals surface area contributed by atoms with Crippen molar-refractivity contribution >= 4 is 34.3 Å². The molecule has 27 heavy (non-hydrogen) atoms. The maximum absolute atomic E-state index is 11.5. The highest BCUT2D eigenvalue weighted by molar-refractivity contribution is 6.30. The molecule has 0 aliphatic carbocycles. The number of rotatable bonds is 1. The standard InChI is InChI=1S/C22H15ClN2O2/c23-15-7-6-14-12-27-21-4-2-1-3-16(21)18(17(14)11-15)9-13-5-8-19-20(10-13)25-22(26)24-19/h1-11H,12H2,(H2,24,25,26)/b18-9+. The van der Waals surface area contributed by atoms with Crippen LogP contribution in [-0.2, 0) is 6.61 Å². The topological polar surface area (TPSA) is 57.9 Å². The molecule has 1 aromatic heterocycles. The summed E-state index contributed by atoms with van der Waals surface area (Å²) in [7, 11) is 0. The second-order valence-electron chi connectivity index (χ2n) is 6.53. The molecule has 0 saturated heterocycles. The van der Waals surface area contributed by atoms with Gasteiger partial charge in [0.1, 0.15) is 12.4 Å². The summed E-state index contributed by atoms with van der Waals surface area (Å²) in [5.74, 6) is 0.840. The Balaban J connectivity index is 1.76. The monoisotopic (exact) mass is 374 g/mol. The van der Waals surface area contributed by atoms with E-state index in [1.54, 1.807) is 0 Å². The second-order valence-corrected chi connectivity index (χ2v) is 6.96. The molecular weight excluding hydrogens is 360 g/mol. The van der Waals surface area contributed by atoms with Crippen molar-refractivity contribution in [3.8, 4) is 5.75 Å². The SMILES string of the molecule is O=c1[nH]c2ccc(/C=C3/c4cc(Cl)ccc4COc4ccccc43)cc2[nH]1. The highest BCUT2D eigenvalue weighted by Gasteiger charge is 2.19. The van der Waals surface area contributed by atoms with E-state index in [2.05, 4.69) is 16.0 Å². The number of para-hydroxylation sites is 1. The summed E-state index contributed by atoms with van der Waals surface area (Å²) in [5.41, 5.74) is 6.52. The van der Waals surface area contributed by atoms with Gasteiger partial charge in [-0.2, -0.15) is 0 Å². The van der Waals surface area contributed by atoms with Crippen molar-refractivity contribution in [2.45, 2.75) is 6.61 Å². The molecule has 2 heterocycles. The van der Waals surface area contributed by atoms with Crippen LogP contribution >= 0.6 is 11.6 Å². The molecule has 0 fully saturated rings. The number of ether oxygens (including phenoxy) is 1. The van der Waals surface area contributed by atoms with Gasteiger partial charge in [0.2, 0.25) is 0 Å². The molecule has 0 spiro atoms. The fourth-order valence-electron chi connectivity index (χ4n) is 3.50. The molecule has 1 aliphatic heterocycles. The van der Waals surface area contributed by atoms with E-state index >= 15 is 0 Å². The van der Waals surface area contributed by atoms with Crippen LogP contribution in [0.4, 0.5) is 0 Å². The van der Waals surface area contributed by atoms with Crippen molar-refractivity contribution in [2.75, 3.05) is 0 Å². The van der Waals surface area contributed by atoms with Gasteiger partial charge in [0, 0.05) is 10.6 Å². The molecule has 2 N–H and O–H groups in total. The third-order valence-corrected chi connectivity index (χ3v) is 5.01. The molecule has 3 aromatic carbocycles. The van der Waals surface area contributed by atoms with E-state index < -0.39 is 0 Å². The Bertz CT molecular complexity index is 1270. The van der Waals surface area contributed by atoms with Crippen molar-refractivity contribution in [1.29, 1.82) is 0 Å². The minimum Gasteiger partial charge on any atom is -0.488 e. The van der Waals surface area contributed by atoms with Crippen LogP contribution in [0.3, 0.4) is 0 Å². The van der Waals surface area contributed by atoms with Gasteiger partial charge in [-0.15, -0.1) is 0 Å². The predicted octanol–water partition coefficient (Wildman–Crippen LogP) is 4.99. The molecule has 0 amide bonds. The molecule has 132 valence electrons. The first kappa shape index (κ1) is 16.0. The van der Waals surface area contributed by atoms with Gasteiger partial charge in [-0.1, -0.05) is 41.9 Å². The average Bonchev–Trinajstić information content (AvgIpc) is 2.97. The first-order chi connectivity index (χ1) is 13.2. The maximum atomic E-state index is 11.5. The maximum Gasteiger partial charge on any atom is 0.323 e. The number of nitrogens with one attached hydrogen (secondary N) is 2. The lowest BCUT2D eigenvalue weighted by Gasteiger charge is -2.11. The first-order valence-electron chi connectivity index (χ1n) is 8.62. The summed E-state index contributed by atoms with van der Waals surface area (Å²) in [6.07, 6.45) is 2.10. The Kier molecular flexibility index (Phi) is 3.66. The molecular formula is C22H15ClN2O2. The van der Waals surface area contributed by atoms with Gasteiger partial charge >= 0.3 is 5.69 Å². The smallest absolute Gasteiger partial charge is 0.323 e. The summed E-state index contributed by atoms with van der Waals surface area (Å²) >= 11 is 6.29. The molecule has 5 rings (SSSR count). The van der Waals surface area contributed by atoms with Crippen molar-refractivity contribution in [2.24, 2.45) is 0 Å². The molecule has 0 bridgehead atoms. The summed E-state index contributed by atoms with van der Waals surface area (Å²) in [6, 6.07) is 19.7. The molecule has 0 unspecified atom stereocenters. The molecule has 4 aromatic rings. The zero-order valence-electron chi connectivity index (χ0n) is 14.3. The fraction of sp³-hybridized carbons (Fsp3) is 0.0455. The molecule has 1 aliphatic rings. The lowest BCUT2D eigenvalue weighted by atomic mass is 9.92. The number of benzene rings is 3. The van der Waals surface area contributed by atoms with Crippen LogP contribution < -0.4 is 10.4 Å². The van der Waals surface area contributed by atoms with Gasteiger partial charge in [0.15, 0.2) is 0 Å². The van der Waals surface area contributed by atoms with Crippen LogP contribution in [0.15, 0.2) is 65.5 Å². The van der Waals surface area contributed by atoms with Gasteiger partial charge in [-0.3, -0.25) is 0 Å². The normalized spacial score (nSPS) is 14.5. The lowest BCUT2D eigenvalue weighted by Crippen LogP contribution is -1.99. The zero-order valence-corrected chi connectivity index (χ0v) is 15.0. The highest BCUT2D eigenvalue weighted by Crippen LogP contribution is 2.38. The summed E-state index contributed by atoms with van der Waals surface area (Å²) < 4.78 is 6.02. The van der Waals surface area contributed by atoms with E-state index in [0.717, 1.165) is 44.6 Å². The number of halogens is 1. The Morgan fingerprint density at radius 1 is 0.926 bits per heavy atom. The van der Waals surface area contributed by atoms with E-state index in [9.17, 15) is 4.79 Å². The Morgan fingerprint density at radius 3 is 2.70 bits per heavy atom. The summed E-state index contributed by atoms with van der Waals surface area (Å²) in [6.45, 7) is 0.491. The van der Waals surface area contributed by atoms with Gasteiger partial charge < -0.3 is 14.7 Å². The molecule has 0 atom stereocenters. The van der Waals surface area contributed by atoms with Gasteiger partial charge in [-0.25, -0.2) is 4.79 Å². The predicted molar refractivity (Wildman–Crippen MR) is 108 cm³/mol. The summed E-state index contributed by atoms with van der Waals surface area (Å²) in [4.78, 5) is 17.1. The van der Waals surface area contributed by atoms with Crippen LogP contribution in [0.25, 0.3) is 22.7 Å². The number of hydrogen-bond donors (Lipinski definition) is 2. The number of aromatic amines is 2. The first-order valence-corrected chi connectivity index (χ1v) is 9.00. The third kappa shape index (κ3) is 2.84. The van der Waals surface area contributed by atoms with Gasteiger partial charge in [-0.05, 0) is 58.7 Å². The number of H-pyrrole nitrogens is 2. The zero-order chi connectivity index (χ0) is 18.4. The van der Waals surface area contributed by atoms with E-state index in [4.69, 9.17) is 16.3 Å². The molecule has 0 saturated carbocycles. The van der Waals surface area contributed by atoms with Gasteiger partial charge in [0.05, 0.1) is 11.0 Å². The van der Waals surface area contributed by atoms with Crippen molar-refractivity contribution in [3.05, 3.63) is 98.4 Å². The number of imidazole rings is 1. The van der Waals surface area contributed by atoms with Crippen LogP contribution in [0.2, 0.25) is 5.02 Å². The second kappa shape index (κ2) is 6.18. The van der Waals surface area contributed by atoms with Crippen LogP contribution in [0, 0.1) is 0 Å². The quantitative estimate of drug-likeness (QED) is 0.493. The number of fused-ring (bicyclic) bond motifs is 3. The Labute approximate surface area is 160 Å². The van der Waals surface area contributed by atoms with Crippen LogP contribution in [0.5, 0.6) is 5.75 Å². The van der Waals surface area contributed by atoms with Crippen molar-refractivity contribution in [3.63, 3.8) is 0 Å². The van der Waals surface area contributed by atoms with E-state index in [0.29, 0.717) is 11.6 Å². The third-order valence-electron chi connectivity index (χ3n) is 4.77. The van der Waals surface area contributed by atoms with Crippen molar-refractivity contribution < 1.29 is 4.74 Å². The lowest BCUT2D eigenvalue weighted by molar-refractivity contribution is 0.307. The number of aromatic nitrogens is 2. The molecule has 0 radical (unpaired) electrons. The number of hydrogen-bond acceptors (Lipinski definition) is 2. The average molecular weight is 375 g/mol. The van der Waals surface area contributed by atoms with Crippen molar-refractivity contribution in [1.82, 2.24) is 9.97 Å². The van der Waals surface area contributed by atoms with E-state index in [1.807, 2.05) is 60.7 Å². The molecule has 5 heteroatoms. The fourth-order valence-corrected chi connectivity index (χ4v) is 3.68. The van der Waals surface area contributed by atoms with E-state index in [1.165, 1.54) is 0 Å². The summed E-state index contributed by atoms with van der Waals surface area (Å²) in [5, 5.41) is 0.685. The Morgan fingerprint density at radius 2 is 1.78 bits per heavy atom. The van der Waals surface area contributed by atoms with Crippen LogP contribution in [-0.4, -0.2) is 9.97 Å². The minimum atomic E-state index is -0.208. The highest BCUT2D eigenvalue weighted by atomic mass is 35.5. The van der Waals surface area contributed by atoms with Gasteiger partial charge in [0.25, 0.3) is 0 Å². The van der Waals surface area contributed by atoms with Crippen LogP contribution in [0.1, 0.15) is 22.3 Å². The molecule has 4 nitrogen and oxygen atoms in total.